The van der Waals surface area contributed by atoms with E-state index in [-0.39, 0.29) is 18.4 Å². The van der Waals surface area contributed by atoms with Crippen LogP contribution < -0.4 is 10.6 Å². The van der Waals surface area contributed by atoms with Crippen molar-refractivity contribution in [2.75, 3.05) is 0 Å². The Morgan fingerprint density at radius 3 is 2.33 bits per heavy atom. The van der Waals surface area contributed by atoms with Crippen LogP contribution in [0, 0.1) is 0 Å². The van der Waals surface area contributed by atoms with Crippen molar-refractivity contribution >= 4 is 17.7 Å². The summed E-state index contributed by atoms with van der Waals surface area (Å²) in [5.74, 6) is -1.70. The quantitative estimate of drug-likeness (QED) is 0.807. The third kappa shape index (κ3) is 3.59. The van der Waals surface area contributed by atoms with Crippen molar-refractivity contribution < 1.29 is 27.6 Å². The van der Waals surface area contributed by atoms with E-state index >= 15 is 0 Å². The van der Waals surface area contributed by atoms with Crippen LogP contribution in [0.25, 0.3) is 0 Å². The first-order valence-corrected chi connectivity index (χ1v) is 6.09. The molecule has 1 fully saturated rings. The van der Waals surface area contributed by atoms with Gasteiger partial charge in [0.25, 0.3) is 5.91 Å². The fourth-order valence-electron chi connectivity index (χ4n) is 1.88. The fourth-order valence-corrected chi connectivity index (χ4v) is 1.88. The number of hydrogen-bond donors (Lipinski definition) is 2. The molecule has 1 aromatic carbocycles. The molecule has 0 radical (unpaired) electrons. The Morgan fingerprint density at radius 2 is 1.81 bits per heavy atom. The molecule has 2 N–H and O–H groups in total. The Kier molecular flexibility index (Phi) is 3.97. The molecular weight excluding hydrogens is 289 g/mol. The first-order chi connectivity index (χ1) is 9.77. The van der Waals surface area contributed by atoms with Gasteiger partial charge in [0.15, 0.2) is 0 Å². The Bertz CT molecular complexity index is 581. The number of halogens is 3. The highest BCUT2D eigenvalue weighted by atomic mass is 19.4. The summed E-state index contributed by atoms with van der Waals surface area (Å²) < 4.78 is 37.2. The SMILES string of the molecule is O=C1CCC(NC(=O)c2ccc(C(F)(F)F)cc2)C(=O)N1. The average molecular weight is 300 g/mol. The highest BCUT2D eigenvalue weighted by Gasteiger charge is 2.31. The highest BCUT2D eigenvalue weighted by Crippen LogP contribution is 2.29. The summed E-state index contributed by atoms with van der Waals surface area (Å²) in [6.07, 6.45) is -4.21. The van der Waals surface area contributed by atoms with Crippen molar-refractivity contribution in [2.24, 2.45) is 0 Å². The van der Waals surface area contributed by atoms with Gasteiger partial charge in [-0.15, -0.1) is 0 Å². The number of carbonyl (C=O) groups is 3. The summed E-state index contributed by atoms with van der Waals surface area (Å²) in [6, 6.07) is 2.78. The van der Waals surface area contributed by atoms with E-state index in [1.165, 1.54) is 0 Å². The van der Waals surface area contributed by atoms with E-state index in [1.807, 2.05) is 0 Å². The van der Waals surface area contributed by atoms with Crippen LogP contribution in [0.2, 0.25) is 0 Å². The average Bonchev–Trinajstić information content (AvgIpc) is 2.41. The second-order valence-electron chi connectivity index (χ2n) is 4.55. The molecule has 112 valence electrons. The Balaban J connectivity index is 2.04. The smallest absolute Gasteiger partial charge is 0.340 e. The zero-order valence-corrected chi connectivity index (χ0v) is 10.7. The standard InChI is InChI=1S/C13H11F3N2O3/c14-13(15,16)8-3-1-7(2-4-8)11(20)17-9-5-6-10(19)18-12(9)21/h1-4,9H,5-6H2,(H,17,20)(H,18,19,21). The largest absolute Gasteiger partial charge is 0.416 e. The molecule has 1 aliphatic heterocycles. The maximum absolute atomic E-state index is 12.4. The molecule has 0 spiro atoms. The van der Waals surface area contributed by atoms with Crippen LogP contribution in [0.1, 0.15) is 28.8 Å². The second kappa shape index (κ2) is 5.55. The molecule has 1 heterocycles. The van der Waals surface area contributed by atoms with Crippen molar-refractivity contribution in [3.8, 4) is 0 Å². The Morgan fingerprint density at radius 1 is 1.19 bits per heavy atom. The molecule has 1 aromatic rings. The predicted octanol–water partition coefficient (Wildman–Crippen LogP) is 1.24. The zero-order valence-electron chi connectivity index (χ0n) is 10.7. The van der Waals surface area contributed by atoms with Crippen molar-refractivity contribution in [1.29, 1.82) is 0 Å². The van der Waals surface area contributed by atoms with Gasteiger partial charge in [0.1, 0.15) is 6.04 Å². The van der Waals surface area contributed by atoms with E-state index in [1.54, 1.807) is 0 Å². The van der Waals surface area contributed by atoms with Crippen molar-refractivity contribution in [1.82, 2.24) is 10.6 Å². The van der Waals surface area contributed by atoms with Crippen LogP contribution in [0.5, 0.6) is 0 Å². The van der Waals surface area contributed by atoms with Crippen molar-refractivity contribution in [2.45, 2.75) is 25.1 Å². The van der Waals surface area contributed by atoms with Crippen molar-refractivity contribution in [3.63, 3.8) is 0 Å². The lowest BCUT2D eigenvalue weighted by molar-refractivity contribution is -0.137. The van der Waals surface area contributed by atoms with Gasteiger partial charge >= 0.3 is 6.18 Å². The van der Waals surface area contributed by atoms with Crippen LogP contribution >= 0.6 is 0 Å². The summed E-state index contributed by atoms with van der Waals surface area (Å²) in [4.78, 5) is 34.3. The van der Waals surface area contributed by atoms with Gasteiger partial charge in [-0.2, -0.15) is 13.2 Å². The lowest BCUT2D eigenvalue weighted by atomic mass is 10.1. The molecule has 5 nitrogen and oxygen atoms in total. The van der Waals surface area contributed by atoms with E-state index in [0.29, 0.717) is 0 Å². The van der Waals surface area contributed by atoms with Gasteiger partial charge in [0.2, 0.25) is 11.8 Å². The number of benzene rings is 1. The van der Waals surface area contributed by atoms with Crippen molar-refractivity contribution in [3.05, 3.63) is 35.4 Å². The number of nitrogens with one attached hydrogen (secondary N) is 2. The zero-order chi connectivity index (χ0) is 15.6. The molecule has 1 atom stereocenters. The van der Waals surface area contributed by atoms with E-state index < -0.39 is 35.5 Å². The van der Waals surface area contributed by atoms with Gasteiger partial charge in [-0.25, -0.2) is 0 Å². The number of rotatable bonds is 2. The Labute approximate surface area is 117 Å². The second-order valence-corrected chi connectivity index (χ2v) is 4.55. The van der Waals surface area contributed by atoms with E-state index in [2.05, 4.69) is 10.6 Å². The molecule has 1 saturated heterocycles. The van der Waals surface area contributed by atoms with Gasteiger partial charge in [0.05, 0.1) is 5.56 Å². The van der Waals surface area contributed by atoms with Crippen LogP contribution in [0.4, 0.5) is 13.2 Å². The number of amides is 3. The van der Waals surface area contributed by atoms with E-state index in [4.69, 9.17) is 0 Å². The summed E-state index contributed by atoms with van der Waals surface area (Å²) in [5, 5.41) is 4.45. The number of piperidine rings is 1. The van der Waals surface area contributed by atoms with Crippen LogP contribution in [0.15, 0.2) is 24.3 Å². The summed E-state index contributed by atoms with van der Waals surface area (Å²) in [6.45, 7) is 0. The summed E-state index contributed by atoms with van der Waals surface area (Å²) in [5.41, 5.74) is -0.854. The van der Waals surface area contributed by atoms with Gasteiger partial charge in [-0.1, -0.05) is 0 Å². The number of alkyl halides is 3. The molecule has 8 heteroatoms. The van der Waals surface area contributed by atoms with E-state index in [0.717, 1.165) is 24.3 Å². The molecule has 0 bridgehead atoms. The monoisotopic (exact) mass is 300 g/mol. The molecular formula is C13H11F3N2O3. The minimum absolute atomic E-state index is 0.00713. The maximum Gasteiger partial charge on any atom is 0.416 e. The fraction of sp³-hybridized carbons (Fsp3) is 0.308. The predicted molar refractivity (Wildman–Crippen MR) is 65.1 cm³/mol. The lowest BCUT2D eigenvalue weighted by Crippen LogP contribution is -2.52. The van der Waals surface area contributed by atoms with Gasteiger partial charge in [0, 0.05) is 12.0 Å². The normalized spacial score (nSPS) is 19.1. The summed E-state index contributed by atoms with van der Waals surface area (Å²) in [7, 11) is 0. The van der Waals surface area contributed by atoms with Gasteiger partial charge in [-0.3, -0.25) is 19.7 Å². The molecule has 0 saturated carbocycles. The molecule has 1 aliphatic rings. The molecule has 21 heavy (non-hydrogen) atoms. The first kappa shape index (κ1) is 15.0. The minimum Gasteiger partial charge on any atom is -0.340 e. The lowest BCUT2D eigenvalue weighted by Gasteiger charge is -2.21. The third-order valence-electron chi connectivity index (χ3n) is 3.02. The maximum atomic E-state index is 12.4. The minimum atomic E-state index is -4.47. The van der Waals surface area contributed by atoms with Crippen LogP contribution in [0.3, 0.4) is 0 Å². The first-order valence-electron chi connectivity index (χ1n) is 6.09. The van der Waals surface area contributed by atoms with Crippen LogP contribution in [-0.4, -0.2) is 23.8 Å². The van der Waals surface area contributed by atoms with Gasteiger partial charge < -0.3 is 5.32 Å². The van der Waals surface area contributed by atoms with Crippen LogP contribution in [-0.2, 0) is 15.8 Å². The molecule has 3 amide bonds. The Hall–Kier alpha value is -2.38. The number of imide groups is 1. The topological polar surface area (TPSA) is 75.3 Å². The molecule has 2 rings (SSSR count). The molecule has 0 aromatic heterocycles. The third-order valence-corrected chi connectivity index (χ3v) is 3.02. The molecule has 1 unspecified atom stereocenters. The number of carbonyl (C=O) groups excluding carboxylic acids is 3. The summed E-state index contributed by atoms with van der Waals surface area (Å²) >= 11 is 0. The van der Waals surface area contributed by atoms with Gasteiger partial charge in [-0.05, 0) is 30.7 Å². The van der Waals surface area contributed by atoms with E-state index in [9.17, 15) is 27.6 Å². The molecule has 0 aliphatic carbocycles. The number of hydrogen-bond acceptors (Lipinski definition) is 3. The highest BCUT2D eigenvalue weighted by molar-refractivity contribution is 6.03.